The van der Waals surface area contributed by atoms with E-state index in [0.29, 0.717) is 0 Å². The molecule has 1 amide bonds. The third-order valence-corrected chi connectivity index (χ3v) is 3.94. The van der Waals surface area contributed by atoms with E-state index in [2.05, 4.69) is 41.7 Å². The second kappa shape index (κ2) is 6.98. The molecule has 0 spiro atoms. The Morgan fingerprint density at radius 2 is 1.28 bits per heavy atom. The fourth-order valence-corrected chi connectivity index (χ4v) is 2.91. The summed E-state index contributed by atoms with van der Waals surface area (Å²) in [5, 5.41) is 3.03. The second-order valence-corrected chi connectivity index (χ2v) is 7.06. The molecule has 0 fully saturated rings. The highest BCUT2D eigenvalue weighted by Gasteiger charge is 2.28. The molecule has 128 valence electrons. The molecule has 0 aromatic heterocycles. The van der Waals surface area contributed by atoms with Crippen molar-refractivity contribution in [1.82, 2.24) is 5.32 Å². The number of hydrogen-bond acceptors (Lipinski definition) is 2. The van der Waals surface area contributed by atoms with Gasteiger partial charge in [-0.2, -0.15) is 0 Å². The largest absolute Gasteiger partial charge is 0.444 e. The Bertz CT molecular complexity index is 743. The van der Waals surface area contributed by atoms with E-state index >= 15 is 0 Å². The Morgan fingerprint density at radius 3 is 1.68 bits per heavy atom. The average Bonchev–Trinajstić information content (AvgIpc) is 2.98. The summed E-state index contributed by atoms with van der Waals surface area (Å²) in [6.07, 6.45) is 3.72. The highest BCUT2D eigenvalue weighted by molar-refractivity contribution is 5.94. The van der Waals surface area contributed by atoms with Crippen molar-refractivity contribution in [1.29, 1.82) is 0 Å². The molecule has 3 heteroatoms. The van der Waals surface area contributed by atoms with Gasteiger partial charge in [0.1, 0.15) is 5.60 Å². The van der Waals surface area contributed by atoms with Crippen molar-refractivity contribution >= 4 is 17.2 Å². The first kappa shape index (κ1) is 17.0. The van der Waals surface area contributed by atoms with Crippen LogP contribution < -0.4 is 5.32 Å². The molecule has 3 rings (SSSR count). The summed E-state index contributed by atoms with van der Waals surface area (Å²) in [6, 6.07) is 20.0. The standard InChI is InChI=1S/C22H23NO2/c1-22(2,3)25-21(24)23-20-18(16-10-6-4-7-11-16)14-15-19(20)17-12-8-5-9-13-17/h4-15,20H,1-3H3,(H,23,24). The van der Waals surface area contributed by atoms with E-state index in [1.807, 2.05) is 57.2 Å². The van der Waals surface area contributed by atoms with Gasteiger partial charge in [-0.15, -0.1) is 0 Å². The number of alkyl carbamates (subject to hydrolysis) is 1. The van der Waals surface area contributed by atoms with Gasteiger partial charge in [-0.3, -0.25) is 0 Å². The third-order valence-electron chi connectivity index (χ3n) is 3.94. The van der Waals surface area contributed by atoms with E-state index in [1.54, 1.807) is 0 Å². The minimum Gasteiger partial charge on any atom is -0.444 e. The molecule has 2 aromatic rings. The molecule has 25 heavy (non-hydrogen) atoms. The highest BCUT2D eigenvalue weighted by atomic mass is 16.6. The van der Waals surface area contributed by atoms with Gasteiger partial charge < -0.3 is 10.1 Å². The van der Waals surface area contributed by atoms with Crippen molar-refractivity contribution in [3.05, 3.63) is 83.9 Å². The molecule has 0 radical (unpaired) electrons. The topological polar surface area (TPSA) is 38.3 Å². The van der Waals surface area contributed by atoms with Crippen molar-refractivity contribution in [2.45, 2.75) is 32.4 Å². The molecule has 0 bridgehead atoms. The lowest BCUT2D eigenvalue weighted by molar-refractivity contribution is 0.0526. The van der Waals surface area contributed by atoms with Crippen LogP contribution in [0.4, 0.5) is 4.79 Å². The fourth-order valence-electron chi connectivity index (χ4n) is 2.91. The van der Waals surface area contributed by atoms with Crippen molar-refractivity contribution in [3.8, 4) is 0 Å². The summed E-state index contributed by atoms with van der Waals surface area (Å²) in [5.74, 6) is 0. The van der Waals surface area contributed by atoms with Gasteiger partial charge in [0.15, 0.2) is 0 Å². The molecule has 0 saturated heterocycles. The monoisotopic (exact) mass is 333 g/mol. The summed E-state index contributed by atoms with van der Waals surface area (Å²) in [5.41, 5.74) is 3.77. The predicted molar refractivity (Wildman–Crippen MR) is 102 cm³/mol. The summed E-state index contributed by atoms with van der Waals surface area (Å²) in [7, 11) is 0. The summed E-state index contributed by atoms with van der Waals surface area (Å²) >= 11 is 0. The maximum Gasteiger partial charge on any atom is 0.408 e. The first-order chi connectivity index (χ1) is 11.9. The van der Waals surface area contributed by atoms with Crippen LogP contribution in [0.1, 0.15) is 31.9 Å². The first-order valence-electron chi connectivity index (χ1n) is 8.46. The average molecular weight is 333 g/mol. The Balaban J connectivity index is 1.89. The zero-order valence-electron chi connectivity index (χ0n) is 14.8. The smallest absolute Gasteiger partial charge is 0.408 e. The van der Waals surface area contributed by atoms with Gasteiger partial charge in [0.2, 0.25) is 0 Å². The summed E-state index contributed by atoms with van der Waals surface area (Å²) in [6.45, 7) is 5.59. The molecule has 0 unspecified atom stereocenters. The van der Waals surface area contributed by atoms with Gasteiger partial charge in [0, 0.05) is 0 Å². The van der Waals surface area contributed by atoms with Crippen LogP contribution in [0.15, 0.2) is 72.8 Å². The van der Waals surface area contributed by atoms with Crippen LogP contribution in [-0.2, 0) is 4.74 Å². The molecule has 1 N–H and O–H groups in total. The van der Waals surface area contributed by atoms with Crippen LogP contribution >= 0.6 is 0 Å². The Hall–Kier alpha value is -2.81. The molecule has 1 aliphatic rings. The lowest BCUT2D eigenvalue weighted by atomic mass is 9.93. The van der Waals surface area contributed by atoms with Gasteiger partial charge in [0.05, 0.1) is 6.04 Å². The number of ether oxygens (including phenoxy) is 1. The third kappa shape index (κ3) is 4.18. The van der Waals surface area contributed by atoms with Gasteiger partial charge >= 0.3 is 6.09 Å². The second-order valence-electron chi connectivity index (χ2n) is 7.06. The molecular formula is C22H23NO2. The maximum atomic E-state index is 12.4. The van der Waals surface area contributed by atoms with Crippen LogP contribution in [0, 0.1) is 0 Å². The number of allylic oxidation sites excluding steroid dienone is 2. The lowest BCUT2D eigenvalue weighted by Crippen LogP contribution is -2.39. The fraction of sp³-hybridized carbons (Fsp3) is 0.227. The predicted octanol–water partition coefficient (Wildman–Crippen LogP) is 5.06. The van der Waals surface area contributed by atoms with E-state index in [0.717, 1.165) is 22.3 Å². The van der Waals surface area contributed by atoms with Gasteiger partial charge in [-0.25, -0.2) is 4.79 Å². The summed E-state index contributed by atoms with van der Waals surface area (Å²) < 4.78 is 5.46. The molecule has 3 nitrogen and oxygen atoms in total. The van der Waals surface area contributed by atoms with Crippen LogP contribution in [0.25, 0.3) is 11.1 Å². The van der Waals surface area contributed by atoms with E-state index < -0.39 is 11.7 Å². The van der Waals surface area contributed by atoms with Gasteiger partial charge in [-0.1, -0.05) is 72.8 Å². The van der Waals surface area contributed by atoms with Crippen LogP contribution in [0.3, 0.4) is 0 Å². The Morgan fingerprint density at radius 1 is 0.840 bits per heavy atom. The normalized spacial score (nSPS) is 14.7. The maximum absolute atomic E-state index is 12.4. The molecular weight excluding hydrogens is 310 g/mol. The number of carbonyl (C=O) groups is 1. The quantitative estimate of drug-likeness (QED) is 0.852. The van der Waals surface area contributed by atoms with Crippen molar-refractivity contribution in [2.75, 3.05) is 0 Å². The zero-order chi connectivity index (χ0) is 17.9. The van der Waals surface area contributed by atoms with Gasteiger partial charge in [0.25, 0.3) is 0 Å². The minimum absolute atomic E-state index is 0.236. The molecule has 1 aliphatic carbocycles. The molecule has 0 atom stereocenters. The number of benzene rings is 2. The number of carbonyl (C=O) groups excluding carboxylic acids is 1. The first-order valence-corrected chi connectivity index (χ1v) is 8.46. The Labute approximate surface area is 149 Å². The van der Waals surface area contributed by atoms with Crippen LogP contribution in [0.2, 0.25) is 0 Å². The molecule has 0 heterocycles. The van der Waals surface area contributed by atoms with Crippen LogP contribution in [0.5, 0.6) is 0 Å². The minimum atomic E-state index is -0.532. The zero-order valence-corrected chi connectivity index (χ0v) is 14.8. The lowest BCUT2D eigenvalue weighted by Gasteiger charge is -2.25. The van der Waals surface area contributed by atoms with E-state index in [9.17, 15) is 4.79 Å². The highest BCUT2D eigenvalue weighted by Crippen LogP contribution is 2.34. The van der Waals surface area contributed by atoms with E-state index in [1.165, 1.54) is 0 Å². The SMILES string of the molecule is CC(C)(C)OC(=O)NC1C(c2ccccc2)=CC=C1c1ccccc1. The Kier molecular flexibility index (Phi) is 4.75. The number of amides is 1. The van der Waals surface area contributed by atoms with Gasteiger partial charge in [-0.05, 0) is 43.0 Å². The summed E-state index contributed by atoms with van der Waals surface area (Å²) in [4.78, 5) is 12.4. The van der Waals surface area contributed by atoms with Crippen LogP contribution in [-0.4, -0.2) is 17.7 Å². The number of rotatable bonds is 3. The van der Waals surface area contributed by atoms with Crippen molar-refractivity contribution < 1.29 is 9.53 Å². The van der Waals surface area contributed by atoms with Crippen molar-refractivity contribution in [3.63, 3.8) is 0 Å². The van der Waals surface area contributed by atoms with E-state index in [4.69, 9.17) is 4.74 Å². The molecule has 0 aliphatic heterocycles. The number of nitrogens with one attached hydrogen (secondary N) is 1. The number of hydrogen-bond donors (Lipinski definition) is 1. The van der Waals surface area contributed by atoms with Crippen molar-refractivity contribution in [2.24, 2.45) is 0 Å². The van der Waals surface area contributed by atoms with E-state index in [-0.39, 0.29) is 6.04 Å². The molecule has 2 aromatic carbocycles. The molecule has 0 saturated carbocycles.